The molecule has 0 unspecified atom stereocenters. The zero-order valence-corrected chi connectivity index (χ0v) is 13.5. The lowest BCUT2D eigenvalue weighted by atomic mass is 9.74. The second kappa shape index (κ2) is 6.70. The Labute approximate surface area is 139 Å². The van der Waals surface area contributed by atoms with Crippen molar-refractivity contribution in [2.75, 3.05) is 5.32 Å². The van der Waals surface area contributed by atoms with Gasteiger partial charge in [0.15, 0.2) is 11.6 Å². The van der Waals surface area contributed by atoms with Crippen molar-refractivity contribution in [3.8, 4) is 0 Å². The summed E-state index contributed by atoms with van der Waals surface area (Å²) < 4.78 is 0. The highest BCUT2D eigenvalue weighted by Gasteiger charge is 2.35. The molecule has 1 aromatic rings. The van der Waals surface area contributed by atoms with Crippen molar-refractivity contribution in [3.63, 3.8) is 0 Å². The van der Waals surface area contributed by atoms with E-state index in [9.17, 15) is 19.5 Å². The van der Waals surface area contributed by atoms with Gasteiger partial charge in [0.2, 0.25) is 0 Å². The minimum atomic E-state index is -1.03. The van der Waals surface area contributed by atoms with Crippen LogP contribution in [0.3, 0.4) is 0 Å². The van der Waals surface area contributed by atoms with Gasteiger partial charge in [-0.15, -0.1) is 0 Å². The third kappa shape index (κ3) is 4.10. The molecule has 0 aromatic heterocycles. The molecule has 0 saturated heterocycles. The molecule has 6 heteroatoms. The number of carbonyl (C=O) groups excluding carboxylic acids is 2. The first-order chi connectivity index (χ1) is 11.2. The molecule has 1 aliphatic rings. The molecule has 0 amide bonds. The van der Waals surface area contributed by atoms with E-state index in [4.69, 9.17) is 5.11 Å². The number of carboxylic acid groups (broad SMARTS) is 1. The fourth-order valence-corrected chi connectivity index (χ4v) is 2.54. The fraction of sp³-hybridized carbons (Fsp3) is 0.278. The van der Waals surface area contributed by atoms with Crippen molar-refractivity contribution < 1.29 is 24.6 Å². The molecule has 2 N–H and O–H groups in total. The van der Waals surface area contributed by atoms with Gasteiger partial charge in [-0.2, -0.15) is 0 Å². The number of carboxylic acids is 1. The summed E-state index contributed by atoms with van der Waals surface area (Å²) in [5.74, 6) is -2.48. The minimum absolute atomic E-state index is 0.150. The number of rotatable bonds is 4. The van der Waals surface area contributed by atoms with Crippen LogP contribution in [0.4, 0.5) is 5.69 Å². The number of hydrogen-bond donors (Lipinski definition) is 2. The molecule has 1 aromatic carbocycles. The first kappa shape index (κ1) is 17.5. The maximum Gasteiger partial charge on any atom is 0.335 e. The van der Waals surface area contributed by atoms with Crippen molar-refractivity contribution in [3.05, 3.63) is 53.4 Å². The summed E-state index contributed by atoms with van der Waals surface area (Å²) in [7, 11) is 0. The molecule has 0 spiro atoms. The van der Waals surface area contributed by atoms with Crippen LogP contribution < -0.4 is 10.4 Å². The van der Waals surface area contributed by atoms with Crippen LogP contribution in [0.5, 0.6) is 0 Å². The average Bonchev–Trinajstić information content (AvgIpc) is 2.45. The first-order valence-electron chi connectivity index (χ1n) is 7.44. The zero-order chi connectivity index (χ0) is 17.9. The van der Waals surface area contributed by atoms with E-state index in [2.05, 4.69) is 5.32 Å². The number of hydrogen-bond acceptors (Lipinski definition) is 5. The summed E-state index contributed by atoms with van der Waals surface area (Å²) in [5.41, 5.74) is 0.0495. The molecular weight excluding hydrogens is 310 g/mol. The number of nitrogens with one attached hydrogen (secondary N) is 1. The third-order valence-corrected chi connectivity index (χ3v) is 3.70. The Balaban J connectivity index is 2.09. The van der Waals surface area contributed by atoms with Crippen molar-refractivity contribution in [2.24, 2.45) is 5.41 Å². The molecule has 0 aliphatic heterocycles. The molecule has 0 atom stereocenters. The van der Waals surface area contributed by atoms with Gasteiger partial charge in [-0.05, 0) is 29.7 Å². The molecule has 6 nitrogen and oxygen atoms in total. The summed E-state index contributed by atoms with van der Waals surface area (Å²) in [6, 6.07) is 5.94. The number of ketones is 2. The number of aromatic carboxylic acids is 1. The molecule has 1 saturated carbocycles. The summed E-state index contributed by atoms with van der Waals surface area (Å²) >= 11 is 0. The molecule has 2 rings (SSSR count). The topological polar surface area (TPSA) is 107 Å². The fourth-order valence-electron chi connectivity index (χ4n) is 2.54. The van der Waals surface area contributed by atoms with E-state index in [1.54, 1.807) is 12.1 Å². The van der Waals surface area contributed by atoms with Crippen LogP contribution in [0.1, 0.15) is 37.0 Å². The predicted molar refractivity (Wildman–Crippen MR) is 86.2 cm³/mol. The van der Waals surface area contributed by atoms with Crippen LogP contribution >= 0.6 is 0 Å². The Hall–Kier alpha value is -2.89. The van der Waals surface area contributed by atoms with Gasteiger partial charge >= 0.3 is 5.97 Å². The molecule has 0 radical (unpaired) electrons. The number of anilines is 1. The quantitative estimate of drug-likeness (QED) is 0.496. The molecule has 0 heterocycles. The van der Waals surface area contributed by atoms with Crippen molar-refractivity contribution in [1.82, 2.24) is 0 Å². The van der Waals surface area contributed by atoms with Crippen LogP contribution in [-0.2, 0) is 9.59 Å². The smallest absolute Gasteiger partial charge is 0.335 e. The highest BCUT2D eigenvalue weighted by molar-refractivity contribution is 6.22. The SMILES string of the molecule is CC1(C)CC(=O)C(=C([O-])/C=C/Nc2ccc(C(=O)O)cc2)C(=O)C1. The van der Waals surface area contributed by atoms with Crippen molar-refractivity contribution in [1.29, 1.82) is 0 Å². The molecule has 1 fully saturated rings. The normalized spacial score (nSPS) is 17.2. The standard InChI is InChI=1S/C18H19NO5/c1-18(2)9-14(21)16(15(22)10-18)13(20)7-8-19-12-5-3-11(4-6-12)17(23)24/h3-8,19-20H,9-10H2,1-2H3,(H,23,24)/p-1/b8-7+. The molecular formula is C18H18NO5-. The Morgan fingerprint density at radius 1 is 1.17 bits per heavy atom. The maximum atomic E-state index is 12.1. The summed E-state index contributed by atoms with van der Waals surface area (Å²) in [4.78, 5) is 34.8. The number of Topliss-reactive ketones (excluding diaryl/α,β-unsaturated/α-hetero) is 2. The van der Waals surface area contributed by atoms with Gasteiger partial charge in [0.05, 0.1) is 11.1 Å². The minimum Gasteiger partial charge on any atom is -0.872 e. The van der Waals surface area contributed by atoms with Gasteiger partial charge in [0, 0.05) is 24.7 Å². The number of allylic oxidation sites excluding steroid dienone is 2. The van der Waals surface area contributed by atoms with E-state index < -0.39 is 28.7 Å². The Morgan fingerprint density at radius 3 is 2.21 bits per heavy atom. The number of carbonyl (C=O) groups is 3. The molecule has 0 bridgehead atoms. The van der Waals surface area contributed by atoms with E-state index in [1.165, 1.54) is 18.3 Å². The van der Waals surface area contributed by atoms with E-state index in [0.717, 1.165) is 6.08 Å². The summed E-state index contributed by atoms with van der Waals surface area (Å²) in [6.07, 6.45) is 2.81. The second-order valence-electron chi connectivity index (χ2n) is 6.46. The largest absolute Gasteiger partial charge is 0.872 e. The van der Waals surface area contributed by atoms with E-state index in [0.29, 0.717) is 5.69 Å². The van der Waals surface area contributed by atoms with E-state index >= 15 is 0 Å². The molecule has 126 valence electrons. The summed E-state index contributed by atoms with van der Waals surface area (Å²) in [5, 5.41) is 23.7. The maximum absolute atomic E-state index is 12.1. The zero-order valence-electron chi connectivity index (χ0n) is 13.5. The van der Waals surface area contributed by atoms with Crippen LogP contribution in [0.25, 0.3) is 0 Å². The first-order valence-corrected chi connectivity index (χ1v) is 7.44. The Bertz CT molecular complexity index is 719. The van der Waals surface area contributed by atoms with Gasteiger partial charge in [-0.25, -0.2) is 4.79 Å². The van der Waals surface area contributed by atoms with Gasteiger partial charge in [0.25, 0.3) is 0 Å². The highest BCUT2D eigenvalue weighted by Crippen LogP contribution is 2.34. The van der Waals surface area contributed by atoms with E-state index in [1.807, 2.05) is 13.8 Å². The van der Waals surface area contributed by atoms with E-state index in [-0.39, 0.29) is 24.0 Å². The van der Waals surface area contributed by atoms with Gasteiger partial charge in [0.1, 0.15) is 0 Å². The third-order valence-electron chi connectivity index (χ3n) is 3.70. The van der Waals surface area contributed by atoms with Crippen molar-refractivity contribution in [2.45, 2.75) is 26.7 Å². The summed E-state index contributed by atoms with van der Waals surface area (Å²) in [6.45, 7) is 3.64. The monoisotopic (exact) mass is 328 g/mol. The molecule has 24 heavy (non-hydrogen) atoms. The van der Waals surface area contributed by atoms with Crippen molar-refractivity contribution >= 4 is 23.2 Å². The lowest BCUT2D eigenvalue weighted by Crippen LogP contribution is -2.33. The number of benzene rings is 1. The van der Waals surface area contributed by atoms with Crippen LogP contribution in [0.2, 0.25) is 0 Å². The lowest BCUT2D eigenvalue weighted by molar-refractivity contribution is -0.296. The Morgan fingerprint density at radius 2 is 1.71 bits per heavy atom. The Kier molecular flexibility index (Phi) is 4.87. The molecule has 1 aliphatic carbocycles. The predicted octanol–water partition coefficient (Wildman–Crippen LogP) is 1.88. The second-order valence-corrected chi connectivity index (χ2v) is 6.46. The highest BCUT2D eigenvalue weighted by atomic mass is 16.4. The average molecular weight is 328 g/mol. The lowest BCUT2D eigenvalue weighted by Gasteiger charge is -2.30. The van der Waals surface area contributed by atoms with Crippen LogP contribution in [-0.4, -0.2) is 22.6 Å². The van der Waals surface area contributed by atoms with Crippen LogP contribution in [0, 0.1) is 5.41 Å². The van der Waals surface area contributed by atoms with Gasteiger partial charge in [-0.1, -0.05) is 25.7 Å². The van der Waals surface area contributed by atoms with Gasteiger partial charge in [-0.3, -0.25) is 9.59 Å². The van der Waals surface area contributed by atoms with Crippen LogP contribution in [0.15, 0.2) is 47.9 Å². The van der Waals surface area contributed by atoms with Gasteiger partial charge < -0.3 is 15.5 Å².